The van der Waals surface area contributed by atoms with Crippen molar-refractivity contribution >= 4 is 11.3 Å². The van der Waals surface area contributed by atoms with Crippen LogP contribution in [0.5, 0.6) is 0 Å². The molecule has 0 radical (unpaired) electrons. The quantitative estimate of drug-likeness (QED) is 0.848. The van der Waals surface area contributed by atoms with Crippen LogP contribution in [-0.4, -0.2) is 54.7 Å². The Morgan fingerprint density at radius 2 is 2.26 bits per heavy atom. The summed E-state index contributed by atoms with van der Waals surface area (Å²) in [7, 11) is 4.33. The summed E-state index contributed by atoms with van der Waals surface area (Å²) in [5, 5.41) is 10.8. The summed E-state index contributed by atoms with van der Waals surface area (Å²) in [4.78, 5) is 6.20. The van der Waals surface area contributed by atoms with Gasteiger partial charge in [0.25, 0.3) is 0 Å². The van der Waals surface area contributed by atoms with Gasteiger partial charge in [-0.05, 0) is 26.1 Å². The maximum atomic E-state index is 8.69. The minimum absolute atomic E-state index is 0.0701. The van der Waals surface area contributed by atoms with Crippen LogP contribution in [0.15, 0.2) is 11.4 Å². The van der Waals surface area contributed by atoms with E-state index in [4.69, 9.17) is 5.11 Å². The molecule has 0 aliphatic carbocycles. The van der Waals surface area contributed by atoms with Gasteiger partial charge in [-0.3, -0.25) is 4.90 Å². The molecule has 1 N–H and O–H groups in total. The molecule has 2 rings (SSSR count). The van der Waals surface area contributed by atoms with Crippen molar-refractivity contribution in [2.75, 3.05) is 33.8 Å². The molecule has 1 aromatic heterocycles. The molecule has 2 atom stereocenters. The number of hydrogen-bond acceptors (Lipinski definition) is 4. The van der Waals surface area contributed by atoms with Gasteiger partial charge in [0, 0.05) is 41.5 Å². The van der Waals surface area contributed by atoms with Crippen LogP contribution in [0, 0.1) is 17.8 Å². The van der Waals surface area contributed by atoms with Crippen LogP contribution in [0.1, 0.15) is 17.4 Å². The zero-order valence-electron chi connectivity index (χ0n) is 11.9. The van der Waals surface area contributed by atoms with Crippen LogP contribution in [0.3, 0.4) is 0 Å². The average Bonchev–Trinajstić information content (AvgIpc) is 2.94. The highest BCUT2D eigenvalue weighted by molar-refractivity contribution is 7.10. The van der Waals surface area contributed by atoms with E-state index < -0.39 is 0 Å². The molecule has 0 aromatic carbocycles. The van der Waals surface area contributed by atoms with Crippen molar-refractivity contribution in [2.24, 2.45) is 5.92 Å². The van der Waals surface area contributed by atoms with E-state index in [0.29, 0.717) is 6.04 Å². The molecule has 104 valence electrons. The van der Waals surface area contributed by atoms with E-state index in [0.717, 1.165) is 24.6 Å². The van der Waals surface area contributed by atoms with Crippen molar-refractivity contribution < 1.29 is 5.11 Å². The Kier molecular flexibility index (Phi) is 5.00. The molecule has 19 heavy (non-hydrogen) atoms. The van der Waals surface area contributed by atoms with Gasteiger partial charge in [-0.1, -0.05) is 18.8 Å². The summed E-state index contributed by atoms with van der Waals surface area (Å²) in [6, 6.07) is 2.80. The Balaban J connectivity index is 1.93. The third kappa shape index (κ3) is 3.80. The van der Waals surface area contributed by atoms with Gasteiger partial charge in [-0.2, -0.15) is 0 Å². The van der Waals surface area contributed by atoms with Crippen molar-refractivity contribution in [1.82, 2.24) is 9.80 Å². The van der Waals surface area contributed by atoms with Crippen LogP contribution in [0.25, 0.3) is 0 Å². The van der Waals surface area contributed by atoms with Crippen LogP contribution in [-0.2, 0) is 6.54 Å². The van der Waals surface area contributed by atoms with E-state index in [9.17, 15) is 0 Å². The lowest BCUT2D eigenvalue weighted by Crippen LogP contribution is -2.34. The van der Waals surface area contributed by atoms with Gasteiger partial charge in [0.05, 0.1) is 0 Å². The van der Waals surface area contributed by atoms with E-state index in [1.807, 2.05) is 0 Å². The second-order valence-electron chi connectivity index (χ2n) is 5.46. The Hall–Kier alpha value is -0.860. The zero-order valence-corrected chi connectivity index (χ0v) is 12.7. The molecule has 1 aliphatic rings. The number of likely N-dealkylation sites (tertiary alicyclic amines) is 1. The van der Waals surface area contributed by atoms with Crippen molar-refractivity contribution in [3.05, 3.63) is 21.9 Å². The molecular weight excluding hydrogens is 256 g/mol. The van der Waals surface area contributed by atoms with E-state index in [2.05, 4.69) is 54.1 Å². The molecule has 2 heterocycles. The van der Waals surface area contributed by atoms with Crippen molar-refractivity contribution in [3.8, 4) is 11.8 Å². The second kappa shape index (κ2) is 6.53. The van der Waals surface area contributed by atoms with Crippen LogP contribution in [0.4, 0.5) is 0 Å². The molecule has 1 saturated heterocycles. The van der Waals surface area contributed by atoms with Crippen molar-refractivity contribution in [3.63, 3.8) is 0 Å². The van der Waals surface area contributed by atoms with Crippen LogP contribution < -0.4 is 0 Å². The third-order valence-corrected chi connectivity index (χ3v) is 4.58. The largest absolute Gasteiger partial charge is 0.384 e. The molecule has 0 spiro atoms. The highest BCUT2D eigenvalue weighted by Gasteiger charge is 2.30. The van der Waals surface area contributed by atoms with Crippen molar-refractivity contribution in [2.45, 2.75) is 19.5 Å². The Labute approximate surface area is 119 Å². The fourth-order valence-electron chi connectivity index (χ4n) is 2.74. The summed E-state index contributed by atoms with van der Waals surface area (Å²) >= 11 is 1.76. The summed E-state index contributed by atoms with van der Waals surface area (Å²) < 4.78 is 0. The molecule has 4 heteroatoms. The number of rotatable bonds is 3. The first-order chi connectivity index (χ1) is 9.10. The summed E-state index contributed by atoms with van der Waals surface area (Å²) in [5.41, 5.74) is 1.02. The van der Waals surface area contributed by atoms with E-state index in [-0.39, 0.29) is 6.61 Å². The molecule has 1 aliphatic heterocycles. The van der Waals surface area contributed by atoms with Crippen LogP contribution in [0.2, 0.25) is 0 Å². The maximum Gasteiger partial charge on any atom is 0.104 e. The van der Waals surface area contributed by atoms with Crippen LogP contribution >= 0.6 is 11.3 Å². The molecule has 1 fully saturated rings. The second-order valence-corrected chi connectivity index (χ2v) is 6.46. The van der Waals surface area contributed by atoms with Gasteiger partial charge >= 0.3 is 0 Å². The molecule has 0 bridgehead atoms. The fourth-order valence-corrected chi connectivity index (χ4v) is 3.60. The lowest BCUT2D eigenvalue weighted by molar-refractivity contribution is 0.251. The first-order valence-electron chi connectivity index (χ1n) is 6.66. The lowest BCUT2D eigenvalue weighted by Gasteiger charge is -2.22. The normalized spacial score (nSPS) is 23.6. The van der Waals surface area contributed by atoms with Gasteiger partial charge in [0.2, 0.25) is 0 Å². The third-order valence-electron chi connectivity index (χ3n) is 3.66. The highest BCUT2D eigenvalue weighted by atomic mass is 32.1. The average molecular weight is 278 g/mol. The number of hydrogen-bond donors (Lipinski definition) is 1. The standard InChI is InChI=1S/C15H22N2OS/c1-12-8-17(10-15(12)16(2)3)9-14-7-13(11-19-14)5-4-6-18/h7,11-12,15,18H,6,8-10H2,1-3H3. The molecule has 3 nitrogen and oxygen atoms in total. The minimum Gasteiger partial charge on any atom is -0.384 e. The van der Waals surface area contributed by atoms with Gasteiger partial charge in [-0.15, -0.1) is 11.3 Å². The number of thiophene rings is 1. The number of aliphatic hydroxyl groups is 1. The topological polar surface area (TPSA) is 26.7 Å². The van der Waals surface area contributed by atoms with Gasteiger partial charge in [0.1, 0.15) is 6.61 Å². The SMILES string of the molecule is CC1CN(Cc2cc(C#CCO)cs2)CC1N(C)C. The number of aliphatic hydroxyl groups excluding tert-OH is 1. The minimum atomic E-state index is -0.0701. The zero-order chi connectivity index (χ0) is 13.8. The number of likely N-dealkylation sites (N-methyl/N-ethyl adjacent to an activating group) is 1. The highest BCUT2D eigenvalue weighted by Crippen LogP contribution is 2.24. The molecule has 0 amide bonds. The van der Waals surface area contributed by atoms with Gasteiger partial charge < -0.3 is 10.0 Å². The Morgan fingerprint density at radius 3 is 2.89 bits per heavy atom. The molecule has 0 saturated carbocycles. The predicted octanol–water partition coefficient (Wildman–Crippen LogP) is 1.47. The number of nitrogens with zero attached hydrogens (tertiary/aromatic N) is 2. The first-order valence-corrected chi connectivity index (χ1v) is 7.54. The van der Waals surface area contributed by atoms with Gasteiger partial charge in [-0.25, -0.2) is 0 Å². The smallest absolute Gasteiger partial charge is 0.104 e. The summed E-state index contributed by atoms with van der Waals surface area (Å²) in [5.74, 6) is 6.38. The van der Waals surface area contributed by atoms with E-state index >= 15 is 0 Å². The molecular formula is C15H22N2OS. The maximum absolute atomic E-state index is 8.69. The van der Waals surface area contributed by atoms with Crippen molar-refractivity contribution in [1.29, 1.82) is 0 Å². The Bertz CT molecular complexity index is 472. The molecule has 1 aromatic rings. The summed E-state index contributed by atoms with van der Waals surface area (Å²) in [6.45, 7) is 5.58. The Morgan fingerprint density at radius 1 is 1.47 bits per heavy atom. The molecule has 2 unspecified atom stereocenters. The van der Waals surface area contributed by atoms with E-state index in [1.165, 1.54) is 11.4 Å². The fraction of sp³-hybridized carbons (Fsp3) is 0.600. The predicted molar refractivity (Wildman–Crippen MR) is 80.2 cm³/mol. The van der Waals surface area contributed by atoms with E-state index in [1.54, 1.807) is 11.3 Å². The first kappa shape index (κ1) is 14.5. The summed E-state index contributed by atoms with van der Waals surface area (Å²) in [6.07, 6.45) is 0. The lowest BCUT2D eigenvalue weighted by atomic mass is 10.1. The monoisotopic (exact) mass is 278 g/mol. The van der Waals surface area contributed by atoms with Gasteiger partial charge in [0.15, 0.2) is 0 Å².